The SMILES string of the molecule is CC(=O)N=C1N(C)CC(=O)N1C(C)=O. The van der Waals surface area contributed by atoms with Crippen LogP contribution in [0.25, 0.3) is 0 Å². The number of carbonyl (C=O) groups excluding carboxylic acids is 3. The Labute approximate surface area is 81.2 Å². The van der Waals surface area contributed by atoms with Gasteiger partial charge in [0.05, 0.1) is 0 Å². The van der Waals surface area contributed by atoms with Gasteiger partial charge in [-0.25, -0.2) is 4.90 Å². The molecule has 0 aromatic rings. The fourth-order valence-electron chi connectivity index (χ4n) is 1.22. The summed E-state index contributed by atoms with van der Waals surface area (Å²) in [7, 11) is 1.60. The topological polar surface area (TPSA) is 70.1 Å². The lowest BCUT2D eigenvalue weighted by molar-refractivity contribution is -0.136. The van der Waals surface area contributed by atoms with Crippen molar-refractivity contribution in [3.8, 4) is 0 Å². The molecule has 3 amide bonds. The molecule has 0 atom stereocenters. The summed E-state index contributed by atoms with van der Waals surface area (Å²) < 4.78 is 0. The predicted molar refractivity (Wildman–Crippen MR) is 48.3 cm³/mol. The third-order valence-electron chi connectivity index (χ3n) is 1.74. The van der Waals surface area contributed by atoms with Gasteiger partial charge in [0.1, 0.15) is 6.54 Å². The Morgan fingerprint density at radius 3 is 2.36 bits per heavy atom. The zero-order valence-corrected chi connectivity index (χ0v) is 8.27. The van der Waals surface area contributed by atoms with Crippen molar-refractivity contribution >= 4 is 23.7 Å². The van der Waals surface area contributed by atoms with Gasteiger partial charge in [-0.2, -0.15) is 4.99 Å². The molecule has 0 unspecified atom stereocenters. The van der Waals surface area contributed by atoms with Gasteiger partial charge in [0.2, 0.25) is 17.8 Å². The van der Waals surface area contributed by atoms with Crippen LogP contribution >= 0.6 is 0 Å². The van der Waals surface area contributed by atoms with Gasteiger partial charge in [-0.05, 0) is 0 Å². The van der Waals surface area contributed by atoms with E-state index in [2.05, 4.69) is 4.99 Å². The van der Waals surface area contributed by atoms with Gasteiger partial charge in [-0.15, -0.1) is 0 Å². The molecule has 1 saturated heterocycles. The second kappa shape index (κ2) is 3.57. The predicted octanol–water partition coefficient (Wildman–Crippen LogP) is -0.791. The minimum atomic E-state index is -0.437. The van der Waals surface area contributed by atoms with E-state index in [0.29, 0.717) is 0 Å². The minimum absolute atomic E-state index is 0.0751. The molecule has 0 radical (unpaired) electrons. The lowest BCUT2D eigenvalue weighted by atomic mass is 10.5. The standard InChI is InChI=1S/C8H11N3O3/c1-5(12)9-8-10(3)4-7(14)11(8)6(2)13/h4H2,1-3H3. The number of imide groups is 1. The molecule has 6 nitrogen and oxygen atoms in total. The van der Waals surface area contributed by atoms with E-state index in [-0.39, 0.29) is 18.4 Å². The van der Waals surface area contributed by atoms with Gasteiger partial charge < -0.3 is 4.90 Å². The highest BCUT2D eigenvalue weighted by Gasteiger charge is 2.34. The van der Waals surface area contributed by atoms with E-state index < -0.39 is 11.8 Å². The quantitative estimate of drug-likeness (QED) is 0.510. The molecule has 0 spiro atoms. The molecule has 0 aromatic heterocycles. The van der Waals surface area contributed by atoms with Crippen LogP contribution in [0.5, 0.6) is 0 Å². The van der Waals surface area contributed by atoms with Crippen LogP contribution in [0.1, 0.15) is 13.8 Å². The summed E-state index contributed by atoms with van der Waals surface area (Å²) in [6.07, 6.45) is 0. The molecule has 0 N–H and O–H groups in total. The number of amides is 3. The van der Waals surface area contributed by atoms with Crippen LogP contribution in [0.4, 0.5) is 0 Å². The van der Waals surface area contributed by atoms with Gasteiger partial charge in [-0.1, -0.05) is 0 Å². The van der Waals surface area contributed by atoms with Crippen LogP contribution in [0.3, 0.4) is 0 Å². The van der Waals surface area contributed by atoms with Crippen molar-refractivity contribution in [3.05, 3.63) is 0 Å². The number of hydrogen-bond donors (Lipinski definition) is 0. The molecule has 0 aliphatic carbocycles. The summed E-state index contributed by atoms with van der Waals surface area (Å²) >= 11 is 0. The van der Waals surface area contributed by atoms with E-state index in [1.807, 2.05) is 0 Å². The molecule has 0 aromatic carbocycles. The number of rotatable bonds is 0. The molecule has 76 valence electrons. The minimum Gasteiger partial charge on any atom is -0.335 e. The smallest absolute Gasteiger partial charge is 0.255 e. The molecule has 6 heteroatoms. The summed E-state index contributed by atoms with van der Waals surface area (Å²) in [4.78, 5) is 39.1. The van der Waals surface area contributed by atoms with Gasteiger partial charge in [0.25, 0.3) is 5.91 Å². The fraction of sp³-hybridized carbons (Fsp3) is 0.500. The van der Waals surface area contributed by atoms with Crippen molar-refractivity contribution < 1.29 is 14.4 Å². The lowest BCUT2D eigenvalue weighted by Gasteiger charge is -2.14. The Balaban J connectivity index is 3.07. The maximum atomic E-state index is 11.3. The number of aliphatic imine (C=N–C) groups is 1. The fourth-order valence-corrected chi connectivity index (χ4v) is 1.22. The van der Waals surface area contributed by atoms with E-state index in [1.54, 1.807) is 7.05 Å². The van der Waals surface area contributed by atoms with Crippen LogP contribution in [-0.4, -0.2) is 47.1 Å². The summed E-state index contributed by atoms with van der Waals surface area (Å²) in [6, 6.07) is 0. The Kier molecular flexibility index (Phi) is 2.64. The highest BCUT2D eigenvalue weighted by atomic mass is 16.2. The summed E-state index contributed by atoms with van der Waals surface area (Å²) in [5.41, 5.74) is 0. The Bertz CT molecular complexity index is 335. The summed E-state index contributed by atoms with van der Waals surface area (Å²) in [5, 5.41) is 0. The molecule has 1 rings (SSSR count). The normalized spacial score (nSPS) is 19.4. The first-order chi connectivity index (χ1) is 6.43. The monoisotopic (exact) mass is 197 g/mol. The van der Waals surface area contributed by atoms with E-state index >= 15 is 0 Å². The van der Waals surface area contributed by atoms with Crippen LogP contribution in [0, 0.1) is 0 Å². The van der Waals surface area contributed by atoms with Gasteiger partial charge >= 0.3 is 0 Å². The van der Waals surface area contributed by atoms with Crippen molar-refractivity contribution in [2.75, 3.05) is 13.6 Å². The maximum absolute atomic E-state index is 11.3. The highest BCUT2D eigenvalue weighted by molar-refractivity contribution is 6.17. The van der Waals surface area contributed by atoms with E-state index in [1.165, 1.54) is 18.7 Å². The number of likely N-dealkylation sites (N-methyl/N-ethyl adjacent to an activating group) is 1. The van der Waals surface area contributed by atoms with Gasteiger partial charge in [-0.3, -0.25) is 14.4 Å². The van der Waals surface area contributed by atoms with Crippen molar-refractivity contribution in [1.82, 2.24) is 9.80 Å². The number of hydrogen-bond acceptors (Lipinski definition) is 3. The second-order valence-corrected chi connectivity index (χ2v) is 3.04. The van der Waals surface area contributed by atoms with Crippen LogP contribution in [0.15, 0.2) is 4.99 Å². The molecule has 0 bridgehead atoms. The van der Waals surface area contributed by atoms with Crippen molar-refractivity contribution in [2.45, 2.75) is 13.8 Å². The zero-order chi connectivity index (χ0) is 10.9. The van der Waals surface area contributed by atoms with Crippen LogP contribution in [-0.2, 0) is 14.4 Å². The Morgan fingerprint density at radius 2 is 1.93 bits per heavy atom. The molecule has 1 fully saturated rings. The average molecular weight is 197 g/mol. The van der Waals surface area contributed by atoms with E-state index in [0.717, 1.165) is 4.90 Å². The van der Waals surface area contributed by atoms with Crippen molar-refractivity contribution in [3.63, 3.8) is 0 Å². The summed E-state index contributed by atoms with van der Waals surface area (Å²) in [5.74, 6) is -1.12. The van der Waals surface area contributed by atoms with E-state index in [9.17, 15) is 14.4 Å². The molecule has 1 aliphatic heterocycles. The van der Waals surface area contributed by atoms with Crippen molar-refractivity contribution in [1.29, 1.82) is 0 Å². The average Bonchev–Trinajstić information content (AvgIpc) is 2.25. The first-order valence-corrected chi connectivity index (χ1v) is 4.07. The van der Waals surface area contributed by atoms with Crippen molar-refractivity contribution in [2.24, 2.45) is 4.99 Å². The third-order valence-corrected chi connectivity index (χ3v) is 1.74. The van der Waals surface area contributed by atoms with E-state index in [4.69, 9.17) is 0 Å². The molecule has 1 aliphatic rings. The first-order valence-electron chi connectivity index (χ1n) is 4.07. The van der Waals surface area contributed by atoms with Crippen LogP contribution < -0.4 is 0 Å². The number of guanidine groups is 1. The molecule has 1 heterocycles. The first kappa shape index (κ1) is 10.4. The lowest BCUT2D eigenvalue weighted by Crippen LogP contribution is -2.37. The highest BCUT2D eigenvalue weighted by Crippen LogP contribution is 2.08. The second-order valence-electron chi connectivity index (χ2n) is 3.04. The largest absolute Gasteiger partial charge is 0.335 e. The Morgan fingerprint density at radius 1 is 1.36 bits per heavy atom. The van der Waals surface area contributed by atoms with Crippen LogP contribution in [0.2, 0.25) is 0 Å². The zero-order valence-electron chi connectivity index (χ0n) is 8.27. The third kappa shape index (κ3) is 1.78. The number of nitrogens with zero attached hydrogens (tertiary/aromatic N) is 3. The molecular weight excluding hydrogens is 186 g/mol. The molecule has 14 heavy (non-hydrogen) atoms. The molecular formula is C8H11N3O3. The van der Waals surface area contributed by atoms with Gasteiger partial charge in [0, 0.05) is 20.9 Å². The van der Waals surface area contributed by atoms with Gasteiger partial charge in [0.15, 0.2) is 0 Å². The maximum Gasteiger partial charge on any atom is 0.255 e. The Hall–Kier alpha value is -1.72. The number of carbonyl (C=O) groups is 3. The summed E-state index contributed by atoms with van der Waals surface area (Å²) in [6.45, 7) is 2.60. The molecule has 0 saturated carbocycles.